The molecule has 2 aliphatic rings. The molecule has 1 aliphatic heterocycles. The second kappa shape index (κ2) is 6.35. The number of hydrogen-bond donors (Lipinski definition) is 2. The zero-order valence-electron chi connectivity index (χ0n) is 16.1. The molecule has 2 aromatic heterocycles. The second-order valence-electron chi connectivity index (χ2n) is 7.83. The van der Waals surface area contributed by atoms with Gasteiger partial charge in [0, 0.05) is 41.7 Å². The number of nitrogens with one attached hydrogen (secondary N) is 2. The van der Waals surface area contributed by atoms with Crippen LogP contribution in [-0.4, -0.2) is 22.7 Å². The van der Waals surface area contributed by atoms with Gasteiger partial charge >= 0.3 is 0 Å². The number of H-pyrrole nitrogens is 1. The fraction of sp³-hybridized carbons (Fsp3) is 0.167. The quantitative estimate of drug-likeness (QED) is 0.513. The van der Waals surface area contributed by atoms with Crippen LogP contribution in [0.15, 0.2) is 67.0 Å². The fourth-order valence-corrected chi connectivity index (χ4v) is 4.10. The van der Waals surface area contributed by atoms with Gasteiger partial charge in [0.2, 0.25) is 12.7 Å². The molecule has 0 unspecified atom stereocenters. The van der Waals surface area contributed by atoms with Crippen molar-refractivity contribution in [2.75, 3.05) is 12.1 Å². The number of amides is 1. The standard InChI is InChI=1S/C24H19N3O3.H2/c28-23(24(7-8-24)17-3-6-21-22(12-17)30-14-29-21)26-18-4-5-19-16(10-18)11-20(27-19)15-2-1-9-25-13-15;/h1-6,9-13,27H,7-8,14H2,(H,26,28);1H. The van der Waals surface area contributed by atoms with E-state index in [9.17, 15) is 4.79 Å². The van der Waals surface area contributed by atoms with Crippen LogP contribution in [0.25, 0.3) is 22.2 Å². The lowest BCUT2D eigenvalue weighted by Crippen LogP contribution is -2.27. The number of nitrogens with zero attached hydrogens (tertiary/aromatic N) is 1. The number of fused-ring (bicyclic) bond motifs is 2. The number of aromatic amines is 1. The number of aromatic nitrogens is 2. The van der Waals surface area contributed by atoms with Gasteiger partial charge in [-0.05, 0) is 66.9 Å². The van der Waals surface area contributed by atoms with Crippen molar-refractivity contribution < 1.29 is 15.7 Å². The number of carbonyl (C=O) groups is 1. The molecule has 0 atom stereocenters. The molecule has 1 fully saturated rings. The van der Waals surface area contributed by atoms with E-state index in [2.05, 4.69) is 21.4 Å². The molecule has 0 spiro atoms. The molecule has 1 aliphatic carbocycles. The van der Waals surface area contributed by atoms with E-state index >= 15 is 0 Å². The largest absolute Gasteiger partial charge is 0.454 e. The fourth-order valence-electron chi connectivity index (χ4n) is 4.10. The summed E-state index contributed by atoms with van der Waals surface area (Å²) in [5.74, 6) is 1.46. The van der Waals surface area contributed by atoms with Gasteiger partial charge in [-0.25, -0.2) is 0 Å². The summed E-state index contributed by atoms with van der Waals surface area (Å²) in [6, 6.07) is 17.7. The van der Waals surface area contributed by atoms with E-state index in [0.29, 0.717) is 5.75 Å². The van der Waals surface area contributed by atoms with E-state index in [1.165, 1.54) is 0 Å². The molecule has 0 bridgehead atoms. The van der Waals surface area contributed by atoms with Crippen LogP contribution >= 0.6 is 0 Å². The monoisotopic (exact) mass is 399 g/mol. The Bertz CT molecular complexity index is 1280. The summed E-state index contributed by atoms with van der Waals surface area (Å²) in [5.41, 5.74) is 4.32. The summed E-state index contributed by atoms with van der Waals surface area (Å²) in [6.45, 7) is 0.232. The number of carbonyl (C=O) groups excluding carboxylic acids is 1. The molecule has 2 N–H and O–H groups in total. The molecule has 6 rings (SSSR count). The van der Waals surface area contributed by atoms with Crippen molar-refractivity contribution in [1.29, 1.82) is 0 Å². The van der Waals surface area contributed by atoms with Crippen LogP contribution in [0.4, 0.5) is 5.69 Å². The van der Waals surface area contributed by atoms with Gasteiger partial charge in [0.05, 0.1) is 5.41 Å². The maximum atomic E-state index is 13.2. The lowest BCUT2D eigenvalue weighted by molar-refractivity contribution is -0.118. The molecular formula is C24H21N3O3. The van der Waals surface area contributed by atoms with E-state index in [1.807, 2.05) is 54.7 Å². The van der Waals surface area contributed by atoms with Crippen LogP contribution in [0.3, 0.4) is 0 Å². The van der Waals surface area contributed by atoms with Gasteiger partial charge in [0.15, 0.2) is 11.5 Å². The third kappa shape index (κ3) is 2.72. The van der Waals surface area contributed by atoms with Crippen molar-refractivity contribution in [2.24, 2.45) is 0 Å². The molecule has 1 saturated carbocycles. The molecule has 4 aromatic rings. The topological polar surface area (TPSA) is 76.2 Å². The van der Waals surface area contributed by atoms with Gasteiger partial charge in [0.25, 0.3) is 0 Å². The Balaban J connectivity index is 0.00000204. The first-order valence-corrected chi connectivity index (χ1v) is 9.96. The average molecular weight is 399 g/mol. The molecular weight excluding hydrogens is 378 g/mol. The Morgan fingerprint density at radius 2 is 1.97 bits per heavy atom. The minimum absolute atomic E-state index is 0. The third-order valence-corrected chi connectivity index (χ3v) is 5.96. The lowest BCUT2D eigenvalue weighted by atomic mass is 9.94. The Labute approximate surface area is 174 Å². The minimum Gasteiger partial charge on any atom is -0.454 e. The van der Waals surface area contributed by atoms with E-state index in [4.69, 9.17) is 9.47 Å². The minimum atomic E-state index is -0.491. The molecule has 3 heterocycles. The highest BCUT2D eigenvalue weighted by molar-refractivity contribution is 6.03. The van der Waals surface area contributed by atoms with Gasteiger partial charge < -0.3 is 19.8 Å². The van der Waals surface area contributed by atoms with Gasteiger partial charge in [-0.15, -0.1) is 0 Å². The summed E-state index contributed by atoms with van der Waals surface area (Å²) in [4.78, 5) is 20.7. The third-order valence-electron chi connectivity index (χ3n) is 5.96. The van der Waals surface area contributed by atoms with Crippen molar-refractivity contribution >= 4 is 22.5 Å². The van der Waals surface area contributed by atoms with Crippen LogP contribution in [0, 0.1) is 0 Å². The lowest BCUT2D eigenvalue weighted by Gasteiger charge is -2.16. The molecule has 150 valence electrons. The highest BCUT2D eigenvalue weighted by Crippen LogP contribution is 2.51. The molecule has 6 nitrogen and oxygen atoms in total. The van der Waals surface area contributed by atoms with E-state index < -0.39 is 5.41 Å². The predicted molar refractivity (Wildman–Crippen MR) is 116 cm³/mol. The summed E-state index contributed by atoms with van der Waals surface area (Å²) < 4.78 is 10.9. The summed E-state index contributed by atoms with van der Waals surface area (Å²) >= 11 is 0. The number of benzene rings is 2. The van der Waals surface area contributed by atoms with Crippen molar-refractivity contribution in [3.8, 4) is 22.8 Å². The molecule has 0 saturated heterocycles. The molecule has 6 heteroatoms. The highest BCUT2D eigenvalue weighted by Gasteiger charge is 2.51. The second-order valence-corrected chi connectivity index (χ2v) is 7.83. The van der Waals surface area contributed by atoms with E-state index in [1.54, 1.807) is 6.20 Å². The zero-order valence-corrected chi connectivity index (χ0v) is 16.1. The number of ether oxygens (including phenoxy) is 2. The molecule has 2 aromatic carbocycles. The van der Waals surface area contributed by atoms with E-state index in [0.717, 1.165) is 52.0 Å². The van der Waals surface area contributed by atoms with Crippen LogP contribution in [0.2, 0.25) is 0 Å². The number of pyridine rings is 1. The molecule has 0 radical (unpaired) electrons. The number of rotatable bonds is 4. The Morgan fingerprint density at radius 1 is 1.07 bits per heavy atom. The van der Waals surface area contributed by atoms with Crippen LogP contribution in [0.5, 0.6) is 11.5 Å². The molecule has 30 heavy (non-hydrogen) atoms. The summed E-state index contributed by atoms with van der Waals surface area (Å²) in [6.07, 6.45) is 5.25. The Hall–Kier alpha value is -3.80. The highest BCUT2D eigenvalue weighted by atomic mass is 16.7. The van der Waals surface area contributed by atoms with Crippen molar-refractivity contribution in [2.45, 2.75) is 18.3 Å². The van der Waals surface area contributed by atoms with Gasteiger partial charge in [0.1, 0.15) is 0 Å². The van der Waals surface area contributed by atoms with E-state index in [-0.39, 0.29) is 14.1 Å². The zero-order chi connectivity index (χ0) is 20.1. The van der Waals surface area contributed by atoms with Crippen LogP contribution < -0.4 is 14.8 Å². The van der Waals surface area contributed by atoms with Gasteiger partial charge in [-0.2, -0.15) is 0 Å². The smallest absolute Gasteiger partial charge is 0.235 e. The predicted octanol–water partition coefficient (Wildman–Crippen LogP) is 4.87. The van der Waals surface area contributed by atoms with Crippen LogP contribution in [-0.2, 0) is 10.2 Å². The number of anilines is 1. The SMILES string of the molecule is O=C(Nc1ccc2[nH]c(-c3cccnc3)cc2c1)C1(c2ccc3c(c2)OCO3)CC1.[HH]. The molecule has 1 amide bonds. The first-order chi connectivity index (χ1) is 14.7. The normalized spacial score (nSPS) is 15.9. The van der Waals surface area contributed by atoms with Crippen molar-refractivity contribution in [1.82, 2.24) is 9.97 Å². The maximum absolute atomic E-state index is 13.2. The maximum Gasteiger partial charge on any atom is 0.235 e. The van der Waals surface area contributed by atoms with Crippen molar-refractivity contribution in [3.63, 3.8) is 0 Å². The van der Waals surface area contributed by atoms with Crippen molar-refractivity contribution in [3.05, 3.63) is 72.6 Å². The van der Waals surface area contributed by atoms with Crippen LogP contribution in [0.1, 0.15) is 19.8 Å². The Kier molecular flexibility index (Phi) is 3.62. The first-order valence-electron chi connectivity index (χ1n) is 9.96. The average Bonchev–Trinajstić information content (AvgIpc) is 3.27. The summed E-state index contributed by atoms with van der Waals surface area (Å²) in [7, 11) is 0. The Morgan fingerprint density at radius 3 is 2.80 bits per heavy atom. The number of hydrogen-bond acceptors (Lipinski definition) is 4. The van der Waals surface area contributed by atoms with Gasteiger partial charge in [-0.1, -0.05) is 6.07 Å². The first kappa shape index (κ1) is 17.1. The van der Waals surface area contributed by atoms with Gasteiger partial charge in [-0.3, -0.25) is 9.78 Å². The summed E-state index contributed by atoms with van der Waals surface area (Å²) in [5, 5.41) is 4.16.